The molecule has 86 valence electrons. The van der Waals surface area contributed by atoms with Crippen LogP contribution in [0.1, 0.15) is 34.6 Å². The lowest BCUT2D eigenvalue weighted by Gasteiger charge is -2.47. The van der Waals surface area contributed by atoms with E-state index < -0.39 is 0 Å². The Kier molecular flexibility index (Phi) is 3.84. The van der Waals surface area contributed by atoms with Crippen molar-refractivity contribution in [1.82, 2.24) is 0 Å². The predicted octanol–water partition coefficient (Wildman–Crippen LogP) is 2.42. The van der Waals surface area contributed by atoms with Crippen LogP contribution in [0.25, 0.3) is 0 Å². The third kappa shape index (κ3) is 2.99. The van der Waals surface area contributed by atoms with Gasteiger partial charge in [-0.1, -0.05) is 13.8 Å². The van der Waals surface area contributed by atoms with Gasteiger partial charge < -0.3 is 14.0 Å². The van der Waals surface area contributed by atoms with Gasteiger partial charge in [0.25, 0.3) is 0 Å². The Morgan fingerprint density at radius 1 is 1.33 bits per heavy atom. The lowest BCUT2D eigenvalue weighted by Crippen LogP contribution is -2.54. The molecule has 0 aromatic heterocycles. The van der Waals surface area contributed by atoms with E-state index in [2.05, 4.69) is 27.7 Å². The van der Waals surface area contributed by atoms with E-state index >= 15 is 0 Å². The van der Waals surface area contributed by atoms with Gasteiger partial charge in [0.05, 0.1) is 18.5 Å². The molecule has 0 saturated carbocycles. The van der Waals surface area contributed by atoms with E-state index in [1.165, 1.54) is 0 Å². The van der Waals surface area contributed by atoms with Crippen LogP contribution < -0.4 is 0 Å². The average Bonchev–Trinajstić information content (AvgIpc) is 2.12. The average molecular weight is 212 g/mol. The second-order valence-corrected chi connectivity index (χ2v) is 4.98. The van der Waals surface area contributed by atoms with Gasteiger partial charge in [-0.3, -0.25) is 0 Å². The van der Waals surface area contributed by atoms with Crippen LogP contribution in [0.4, 0.5) is 0 Å². The largest absolute Gasteiger partial charge is 0.502 e. The first kappa shape index (κ1) is 12.6. The van der Waals surface area contributed by atoms with Crippen LogP contribution in [0.5, 0.6) is 0 Å². The van der Waals surface area contributed by atoms with Gasteiger partial charge in [0, 0.05) is 12.0 Å². The number of hydrogen-bond acceptors (Lipinski definition) is 3. The summed E-state index contributed by atoms with van der Waals surface area (Å²) in [4.78, 5) is 0. The van der Waals surface area contributed by atoms with E-state index in [0.717, 1.165) is 0 Å². The molecule has 1 saturated heterocycles. The van der Waals surface area contributed by atoms with Crippen LogP contribution in [0.2, 0.25) is 0 Å². The van der Waals surface area contributed by atoms with Crippen molar-refractivity contribution in [2.75, 3.05) is 13.2 Å². The third-order valence-electron chi connectivity index (χ3n) is 3.15. The van der Waals surface area contributed by atoms with Gasteiger partial charge in [0.2, 0.25) is 0 Å². The predicted molar refractivity (Wildman–Crippen MR) is 61.4 cm³/mol. The SMILES string of the molecule is CCOC=CB1OCC(C)(C)C(C)(C)O1. The molecule has 15 heavy (non-hydrogen) atoms. The first-order valence-corrected chi connectivity index (χ1v) is 5.47. The molecule has 1 aliphatic rings. The second kappa shape index (κ2) is 4.58. The van der Waals surface area contributed by atoms with Gasteiger partial charge in [-0.2, -0.15) is 0 Å². The van der Waals surface area contributed by atoms with Gasteiger partial charge in [0.1, 0.15) is 0 Å². The van der Waals surface area contributed by atoms with Crippen molar-refractivity contribution in [2.45, 2.75) is 40.2 Å². The zero-order chi connectivity index (χ0) is 11.5. The number of ether oxygens (including phenoxy) is 1. The zero-order valence-electron chi connectivity index (χ0n) is 10.4. The van der Waals surface area contributed by atoms with Gasteiger partial charge >= 0.3 is 7.12 Å². The van der Waals surface area contributed by atoms with Crippen molar-refractivity contribution in [3.63, 3.8) is 0 Å². The molecule has 0 spiro atoms. The Bertz CT molecular complexity index is 236. The molecular formula is C11H21BO3. The van der Waals surface area contributed by atoms with E-state index in [4.69, 9.17) is 14.0 Å². The van der Waals surface area contributed by atoms with Crippen LogP contribution in [0.3, 0.4) is 0 Å². The summed E-state index contributed by atoms with van der Waals surface area (Å²) in [6.07, 6.45) is 1.64. The van der Waals surface area contributed by atoms with Crippen LogP contribution in [-0.4, -0.2) is 25.9 Å². The molecule has 3 nitrogen and oxygen atoms in total. The summed E-state index contributed by atoms with van der Waals surface area (Å²) in [6, 6.07) is 0. The minimum absolute atomic E-state index is 0.0307. The summed E-state index contributed by atoms with van der Waals surface area (Å²) in [5.74, 6) is 1.81. The Morgan fingerprint density at radius 3 is 2.53 bits per heavy atom. The smallest absolute Gasteiger partial charge is 0.489 e. The van der Waals surface area contributed by atoms with Crippen molar-refractivity contribution >= 4 is 7.12 Å². The molecule has 0 amide bonds. The Morgan fingerprint density at radius 2 is 2.00 bits per heavy atom. The fourth-order valence-corrected chi connectivity index (χ4v) is 1.26. The highest BCUT2D eigenvalue weighted by atomic mass is 16.6. The first-order chi connectivity index (χ1) is 6.89. The van der Waals surface area contributed by atoms with E-state index in [1.807, 2.05) is 6.92 Å². The molecule has 1 heterocycles. The maximum atomic E-state index is 5.85. The minimum atomic E-state index is -0.292. The molecule has 0 aliphatic carbocycles. The molecule has 1 aliphatic heterocycles. The van der Waals surface area contributed by atoms with Crippen LogP contribution in [0.15, 0.2) is 12.2 Å². The standard InChI is InChI=1S/C11H21BO3/c1-6-13-8-7-12-14-9-10(2,3)11(4,5)15-12/h7-8H,6,9H2,1-5H3. The molecule has 0 aromatic rings. The summed E-state index contributed by atoms with van der Waals surface area (Å²) in [7, 11) is -0.292. The molecule has 0 bridgehead atoms. The molecule has 1 rings (SSSR count). The van der Waals surface area contributed by atoms with Gasteiger partial charge in [0.15, 0.2) is 0 Å². The molecule has 4 heteroatoms. The van der Waals surface area contributed by atoms with Crippen LogP contribution in [-0.2, 0) is 14.0 Å². The molecule has 0 aromatic carbocycles. The van der Waals surface area contributed by atoms with Crippen molar-refractivity contribution in [3.8, 4) is 0 Å². The second-order valence-electron chi connectivity index (χ2n) is 4.98. The normalized spacial score (nSPS) is 24.5. The van der Waals surface area contributed by atoms with Crippen LogP contribution >= 0.6 is 0 Å². The number of rotatable bonds is 3. The number of hydrogen-bond donors (Lipinski definition) is 0. The Labute approximate surface area is 92.9 Å². The monoisotopic (exact) mass is 212 g/mol. The van der Waals surface area contributed by atoms with Crippen molar-refractivity contribution in [3.05, 3.63) is 12.2 Å². The van der Waals surface area contributed by atoms with Crippen molar-refractivity contribution in [2.24, 2.45) is 5.41 Å². The summed E-state index contributed by atoms with van der Waals surface area (Å²) in [5.41, 5.74) is -0.157. The topological polar surface area (TPSA) is 27.7 Å². The lowest BCUT2D eigenvalue weighted by molar-refractivity contribution is -0.0943. The minimum Gasteiger partial charge on any atom is -0.502 e. The van der Waals surface area contributed by atoms with Crippen molar-refractivity contribution < 1.29 is 14.0 Å². The van der Waals surface area contributed by atoms with E-state index in [0.29, 0.717) is 13.2 Å². The molecular weight excluding hydrogens is 191 g/mol. The van der Waals surface area contributed by atoms with Gasteiger partial charge in [-0.15, -0.1) is 0 Å². The molecule has 1 fully saturated rings. The zero-order valence-corrected chi connectivity index (χ0v) is 10.4. The van der Waals surface area contributed by atoms with E-state index in [1.54, 1.807) is 12.2 Å². The maximum absolute atomic E-state index is 5.85. The Hall–Kier alpha value is -0.475. The third-order valence-corrected chi connectivity index (χ3v) is 3.15. The molecule has 0 radical (unpaired) electrons. The summed E-state index contributed by atoms with van der Waals surface area (Å²) in [5, 5.41) is 0. The molecule has 0 unspecified atom stereocenters. The van der Waals surface area contributed by atoms with E-state index in [9.17, 15) is 0 Å². The summed E-state index contributed by atoms with van der Waals surface area (Å²) in [6.45, 7) is 11.8. The highest BCUT2D eigenvalue weighted by molar-refractivity contribution is 6.50. The van der Waals surface area contributed by atoms with Gasteiger partial charge in [-0.05, 0) is 26.7 Å². The van der Waals surface area contributed by atoms with Crippen LogP contribution in [0, 0.1) is 5.41 Å². The summed E-state index contributed by atoms with van der Waals surface area (Å²) < 4.78 is 16.5. The van der Waals surface area contributed by atoms with E-state index in [-0.39, 0.29) is 18.1 Å². The van der Waals surface area contributed by atoms with Crippen molar-refractivity contribution in [1.29, 1.82) is 0 Å². The quantitative estimate of drug-likeness (QED) is 0.531. The highest BCUT2D eigenvalue weighted by Gasteiger charge is 2.45. The summed E-state index contributed by atoms with van der Waals surface area (Å²) >= 11 is 0. The first-order valence-electron chi connectivity index (χ1n) is 5.47. The fourth-order valence-electron chi connectivity index (χ4n) is 1.26. The molecule has 0 N–H and O–H groups in total. The fraction of sp³-hybridized carbons (Fsp3) is 0.818. The Balaban J connectivity index is 2.55. The highest BCUT2D eigenvalue weighted by Crippen LogP contribution is 2.38. The lowest BCUT2D eigenvalue weighted by atomic mass is 9.72. The maximum Gasteiger partial charge on any atom is 0.489 e. The van der Waals surface area contributed by atoms with Gasteiger partial charge in [-0.25, -0.2) is 0 Å². The molecule has 0 atom stereocenters.